The van der Waals surface area contributed by atoms with Gasteiger partial charge in [-0.15, -0.1) is 0 Å². The third-order valence-electron chi connectivity index (χ3n) is 6.55. The Morgan fingerprint density at radius 3 is 2.09 bits per heavy atom. The Morgan fingerprint density at radius 2 is 1.49 bits per heavy atom. The lowest BCUT2D eigenvalue weighted by Crippen LogP contribution is -2.45. The molecular weight excluding hydrogens is 582 g/mol. The summed E-state index contributed by atoms with van der Waals surface area (Å²) in [6.45, 7) is 13.7. The van der Waals surface area contributed by atoms with Gasteiger partial charge in [0.2, 0.25) is 11.8 Å². The molecule has 252 valence electrons. The maximum Gasteiger partial charge on any atom is 0.407 e. The first-order valence-electron chi connectivity index (χ1n) is 15.4. The van der Waals surface area contributed by atoms with E-state index in [-0.39, 0.29) is 80.4 Å². The van der Waals surface area contributed by atoms with Crippen molar-refractivity contribution in [1.29, 1.82) is 0 Å². The summed E-state index contributed by atoms with van der Waals surface area (Å²) < 4.78 is 15.7. The van der Waals surface area contributed by atoms with Gasteiger partial charge < -0.3 is 30.2 Å². The zero-order valence-corrected chi connectivity index (χ0v) is 27.8. The molecule has 1 aromatic carbocycles. The van der Waals surface area contributed by atoms with Gasteiger partial charge in [-0.3, -0.25) is 24.0 Å². The van der Waals surface area contributed by atoms with Gasteiger partial charge >= 0.3 is 12.1 Å². The van der Waals surface area contributed by atoms with Crippen molar-refractivity contribution in [3.8, 4) is 0 Å². The molecule has 0 aliphatic rings. The maximum absolute atomic E-state index is 12.9. The number of anilines is 1. The van der Waals surface area contributed by atoms with E-state index >= 15 is 0 Å². The van der Waals surface area contributed by atoms with Gasteiger partial charge in [-0.2, -0.15) is 0 Å². The van der Waals surface area contributed by atoms with Crippen LogP contribution in [0.2, 0.25) is 0 Å². The number of Topliss-reactive ketones (excluding diaryl/α,β-unsaturated/α-hetero) is 2. The highest BCUT2D eigenvalue weighted by Crippen LogP contribution is 2.18. The summed E-state index contributed by atoms with van der Waals surface area (Å²) in [6.07, 6.45) is 0.488. The number of hydrogen-bond acceptors (Lipinski definition) is 9. The maximum atomic E-state index is 12.9. The fourth-order valence-corrected chi connectivity index (χ4v) is 3.80. The summed E-state index contributed by atoms with van der Waals surface area (Å²) in [6, 6.07) is 5.85. The van der Waals surface area contributed by atoms with Crippen LogP contribution in [-0.2, 0) is 44.8 Å². The normalized spacial score (nSPS) is 12.5. The molecule has 0 saturated heterocycles. The van der Waals surface area contributed by atoms with Gasteiger partial charge in [0, 0.05) is 43.8 Å². The van der Waals surface area contributed by atoms with Crippen molar-refractivity contribution in [2.24, 2.45) is 17.3 Å². The second kappa shape index (κ2) is 20.3. The van der Waals surface area contributed by atoms with E-state index in [4.69, 9.17) is 14.2 Å². The molecule has 0 fully saturated rings. The Balaban J connectivity index is 2.42. The van der Waals surface area contributed by atoms with Gasteiger partial charge in [-0.1, -0.05) is 46.8 Å². The monoisotopic (exact) mass is 633 g/mol. The second-order valence-corrected chi connectivity index (χ2v) is 12.7. The van der Waals surface area contributed by atoms with Crippen LogP contribution in [0.15, 0.2) is 24.3 Å². The molecule has 45 heavy (non-hydrogen) atoms. The number of ketones is 2. The minimum atomic E-state index is -0.851. The summed E-state index contributed by atoms with van der Waals surface area (Å²) >= 11 is 0. The molecule has 0 aromatic heterocycles. The van der Waals surface area contributed by atoms with Crippen molar-refractivity contribution in [3.05, 3.63) is 29.8 Å². The second-order valence-electron chi connectivity index (χ2n) is 12.7. The van der Waals surface area contributed by atoms with E-state index < -0.39 is 24.0 Å². The highest BCUT2D eigenvalue weighted by atomic mass is 16.5. The van der Waals surface area contributed by atoms with Crippen LogP contribution in [0.5, 0.6) is 0 Å². The van der Waals surface area contributed by atoms with Crippen LogP contribution in [0.25, 0.3) is 0 Å². The van der Waals surface area contributed by atoms with Crippen LogP contribution in [-0.4, -0.2) is 67.9 Å². The molecule has 2 atom stereocenters. The van der Waals surface area contributed by atoms with E-state index in [1.54, 1.807) is 31.2 Å². The number of rotatable bonds is 20. The molecule has 0 aliphatic carbocycles. The molecule has 0 bridgehead atoms. The summed E-state index contributed by atoms with van der Waals surface area (Å²) in [5, 5.41) is 8.03. The van der Waals surface area contributed by atoms with Crippen molar-refractivity contribution < 1.29 is 43.0 Å². The van der Waals surface area contributed by atoms with Crippen LogP contribution < -0.4 is 16.0 Å². The molecule has 12 heteroatoms. The van der Waals surface area contributed by atoms with E-state index in [0.717, 1.165) is 0 Å². The Hall–Kier alpha value is -3.80. The number of esters is 1. The van der Waals surface area contributed by atoms with Crippen LogP contribution in [0.4, 0.5) is 10.5 Å². The molecular formula is C33H51N3O9. The lowest BCUT2D eigenvalue weighted by molar-refractivity contribution is -0.146. The Morgan fingerprint density at radius 1 is 0.844 bits per heavy atom. The Bertz CT molecular complexity index is 1130. The number of amides is 3. The van der Waals surface area contributed by atoms with Crippen molar-refractivity contribution in [1.82, 2.24) is 10.6 Å². The minimum Gasteiger partial charge on any atom is -0.465 e. The van der Waals surface area contributed by atoms with Crippen LogP contribution >= 0.6 is 0 Å². The molecule has 0 radical (unpaired) electrons. The number of carbonyl (C=O) groups excluding carboxylic acids is 6. The third kappa shape index (κ3) is 18.6. The fraction of sp³-hybridized carbons (Fsp3) is 0.636. The quantitative estimate of drug-likeness (QED) is 0.140. The number of ether oxygens (including phenoxy) is 3. The van der Waals surface area contributed by atoms with Gasteiger partial charge in [-0.05, 0) is 49.3 Å². The van der Waals surface area contributed by atoms with Gasteiger partial charge in [0.25, 0.3) is 0 Å². The number of nitrogens with one attached hydrogen (secondary N) is 3. The predicted molar refractivity (Wildman–Crippen MR) is 169 cm³/mol. The van der Waals surface area contributed by atoms with Crippen molar-refractivity contribution in [3.63, 3.8) is 0 Å². The predicted octanol–water partition coefficient (Wildman–Crippen LogP) is 4.34. The highest BCUT2D eigenvalue weighted by molar-refractivity contribution is 5.97. The molecule has 0 heterocycles. The molecule has 0 spiro atoms. The molecule has 1 aromatic rings. The summed E-state index contributed by atoms with van der Waals surface area (Å²) in [5.74, 6) is -1.96. The highest BCUT2D eigenvalue weighted by Gasteiger charge is 2.27. The van der Waals surface area contributed by atoms with E-state index in [2.05, 4.69) is 16.0 Å². The van der Waals surface area contributed by atoms with Crippen molar-refractivity contribution in [2.45, 2.75) is 93.2 Å². The molecule has 3 N–H and O–H groups in total. The molecule has 1 rings (SSSR count). The van der Waals surface area contributed by atoms with Gasteiger partial charge in [-0.25, -0.2) is 4.79 Å². The van der Waals surface area contributed by atoms with E-state index in [0.29, 0.717) is 30.7 Å². The van der Waals surface area contributed by atoms with Crippen molar-refractivity contribution >= 4 is 41.1 Å². The van der Waals surface area contributed by atoms with E-state index in [1.165, 1.54) is 6.92 Å². The lowest BCUT2D eigenvalue weighted by atomic mass is 9.89. The Labute approximate surface area is 266 Å². The van der Waals surface area contributed by atoms with Gasteiger partial charge in [0.15, 0.2) is 0 Å². The first-order valence-corrected chi connectivity index (χ1v) is 15.4. The molecule has 12 nitrogen and oxygen atoms in total. The number of benzene rings is 1. The van der Waals surface area contributed by atoms with Gasteiger partial charge in [0.1, 0.15) is 24.2 Å². The molecule has 0 unspecified atom stereocenters. The van der Waals surface area contributed by atoms with Crippen LogP contribution in [0, 0.1) is 17.3 Å². The van der Waals surface area contributed by atoms with Crippen LogP contribution in [0.3, 0.4) is 0 Å². The van der Waals surface area contributed by atoms with E-state index in [9.17, 15) is 28.8 Å². The zero-order chi connectivity index (χ0) is 34.0. The largest absolute Gasteiger partial charge is 0.465 e. The summed E-state index contributed by atoms with van der Waals surface area (Å²) in [4.78, 5) is 72.7. The first-order chi connectivity index (χ1) is 21.1. The third-order valence-corrected chi connectivity index (χ3v) is 6.55. The van der Waals surface area contributed by atoms with Crippen LogP contribution in [0.1, 0.15) is 86.1 Å². The van der Waals surface area contributed by atoms with Gasteiger partial charge in [0.05, 0.1) is 19.8 Å². The fourth-order valence-electron chi connectivity index (χ4n) is 3.80. The number of alkyl carbamates (subject to hydrolysis) is 1. The zero-order valence-electron chi connectivity index (χ0n) is 27.8. The minimum absolute atomic E-state index is 0.0139. The number of carbonyl (C=O) groups is 6. The average Bonchev–Trinajstić information content (AvgIpc) is 2.95. The molecule has 3 amide bonds. The molecule has 0 aliphatic heterocycles. The topological polar surface area (TPSA) is 166 Å². The standard InChI is InChI=1S/C33H51N3O9/c1-22(2)28(19-27(38)15-18-43-17-14-23(3)37)31(41)35-24(4)30(40)36-26-12-10-25(11-13-26)20-44-32(42)34-16-8-9-29(39)45-21-33(5,6)7/h10-13,22,24,28H,8-9,14-21H2,1-7H3,(H,34,42)(H,35,41)(H,36,40)/t24-,28-/m0/s1. The Kier molecular flexibility index (Phi) is 17.7. The first kappa shape index (κ1) is 39.2. The summed E-state index contributed by atoms with van der Waals surface area (Å²) in [7, 11) is 0. The molecule has 0 saturated carbocycles. The SMILES string of the molecule is CC(=O)CCOCCC(=O)C[C@H](C(=O)N[C@@H](C)C(=O)Nc1ccc(COC(=O)NCCCC(=O)OCC(C)(C)C)cc1)C(C)C. The summed E-state index contributed by atoms with van der Waals surface area (Å²) in [5.41, 5.74) is 1.09. The number of hydrogen-bond donors (Lipinski definition) is 3. The van der Waals surface area contributed by atoms with Crippen molar-refractivity contribution in [2.75, 3.05) is 31.7 Å². The van der Waals surface area contributed by atoms with E-state index in [1.807, 2.05) is 34.6 Å². The average molecular weight is 634 g/mol. The smallest absolute Gasteiger partial charge is 0.407 e. The lowest BCUT2D eigenvalue weighted by Gasteiger charge is -2.22.